The smallest absolute Gasteiger partial charge is 0.267 e. The summed E-state index contributed by atoms with van der Waals surface area (Å²) >= 11 is 0. The van der Waals surface area contributed by atoms with E-state index in [-0.39, 0.29) is 13.1 Å². The molecule has 134 valence electrons. The summed E-state index contributed by atoms with van der Waals surface area (Å²) in [4.78, 5) is 0. The molecule has 0 bridgehead atoms. The zero-order chi connectivity index (χ0) is 17.4. The highest BCUT2D eigenvalue weighted by Gasteiger charge is 2.25. The number of alkyl halides is 3. The Bertz CT molecular complexity index is 353. The van der Waals surface area contributed by atoms with Gasteiger partial charge in [0.1, 0.15) is 18.1 Å². The molecule has 0 fully saturated rings. The molecule has 0 saturated carbocycles. The zero-order valence-electron chi connectivity index (χ0n) is 12.9. The van der Waals surface area contributed by atoms with Gasteiger partial charge in [-0.25, -0.2) is 8.78 Å². The molecule has 0 spiro atoms. The number of hydrogen-bond donors (Lipinski definition) is 2. The van der Waals surface area contributed by atoms with Crippen LogP contribution in [0.3, 0.4) is 0 Å². The molecule has 4 nitrogen and oxygen atoms in total. The Morgan fingerprint density at radius 1 is 1.05 bits per heavy atom. The van der Waals surface area contributed by atoms with Gasteiger partial charge in [-0.2, -0.15) is 8.42 Å². The van der Waals surface area contributed by atoms with Gasteiger partial charge in [0.15, 0.2) is 0 Å². The molecule has 0 aromatic rings. The summed E-state index contributed by atoms with van der Waals surface area (Å²) in [5.41, 5.74) is 4.91. The van der Waals surface area contributed by atoms with Gasteiger partial charge in [-0.05, 0) is 12.8 Å². The average Bonchev–Trinajstić information content (AvgIpc) is 2.44. The van der Waals surface area contributed by atoms with Crippen molar-refractivity contribution in [2.45, 2.75) is 57.3 Å². The first-order valence-corrected chi connectivity index (χ1v) is 8.99. The van der Waals surface area contributed by atoms with E-state index in [9.17, 15) is 21.6 Å². The van der Waals surface area contributed by atoms with Gasteiger partial charge >= 0.3 is 0 Å². The summed E-state index contributed by atoms with van der Waals surface area (Å²) in [7, 11) is -4.46. The van der Waals surface area contributed by atoms with Gasteiger partial charge in [-0.3, -0.25) is 8.94 Å². The SMILES string of the molecule is C=CCN.O=S(=O)(O)CC(F)C(F)CCCCCCCCF. The van der Waals surface area contributed by atoms with Crippen molar-refractivity contribution in [2.75, 3.05) is 19.0 Å². The molecule has 0 heterocycles. The van der Waals surface area contributed by atoms with Gasteiger partial charge in [0.25, 0.3) is 10.1 Å². The molecule has 3 N–H and O–H groups in total. The Morgan fingerprint density at radius 2 is 1.50 bits per heavy atom. The number of rotatable bonds is 12. The fourth-order valence-electron chi connectivity index (χ4n) is 1.63. The summed E-state index contributed by atoms with van der Waals surface area (Å²) in [6.07, 6.45) is 1.77. The molecular weight excluding hydrogens is 319 g/mol. The Labute approximate surface area is 131 Å². The van der Waals surface area contributed by atoms with Gasteiger partial charge in [-0.1, -0.05) is 38.2 Å². The predicted molar refractivity (Wildman–Crippen MR) is 83.8 cm³/mol. The Hall–Kier alpha value is -0.600. The second-order valence-corrected chi connectivity index (χ2v) is 6.40. The van der Waals surface area contributed by atoms with Crippen molar-refractivity contribution >= 4 is 10.1 Å². The summed E-state index contributed by atoms with van der Waals surface area (Å²) in [5.74, 6) is -1.19. The first-order chi connectivity index (χ1) is 10.3. The van der Waals surface area contributed by atoms with Gasteiger partial charge in [0.05, 0.1) is 6.67 Å². The van der Waals surface area contributed by atoms with Crippen LogP contribution in [0.5, 0.6) is 0 Å². The van der Waals surface area contributed by atoms with Crippen LogP contribution in [0.4, 0.5) is 13.2 Å². The largest absolute Gasteiger partial charge is 0.327 e. The lowest BCUT2D eigenvalue weighted by Gasteiger charge is -2.11. The van der Waals surface area contributed by atoms with Crippen LogP contribution >= 0.6 is 0 Å². The van der Waals surface area contributed by atoms with Gasteiger partial charge in [0, 0.05) is 6.54 Å². The summed E-state index contributed by atoms with van der Waals surface area (Å²) in [5, 5.41) is 0. The van der Waals surface area contributed by atoms with Crippen molar-refractivity contribution in [1.29, 1.82) is 0 Å². The van der Waals surface area contributed by atoms with Crippen molar-refractivity contribution in [3.05, 3.63) is 12.7 Å². The number of hydrogen-bond acceptors (Lipinski definition) is 3. The van der Waals surface area contributed by atoms with E-state index in [1.165, 1.54) is 0 Å². The van der Waals surface area contributed by atoms with Crippen molar-refractivity contribution in [2.24, 2.45) is 5.73 Å². The fraction of sp³-hybridized carbons (Fsp3) is 0.857. The Morgan fingerprint density at radius 3 is 1.91 bits per heavy atom. The second kappa shape index (κ2) is 15.3. The van der Waals surface area contributed by atoms with Crippen LogP contribution in [0.2, 0.25) is 0 Å². The van der Waals surface area contributed by atoms with E-state index in [1.807, 2.05) is 0 Å². The fourth-order valence-corrected chi connectivity index (χ4v) is 2.24. The maximum absolute atomic E-state index is 13.2. The minimum Gasteiger partial charge on any atom is -0.327 e. The topological polar surface area (TPSA) is 80.4 Å². The van der Waals surface area contributed by atoms with Crippen molar-refractivity contribution < 1.29 is 26.1 Å². The minimum absolute atomic E-state index is 0.0558. The van der Waals surface area contributed by atoms with Crippen LogP contribution in [-0.4, -0.2) is 44.3 Å². The summed E-state index contributed by atoms with van der Waals surface area (Å²) in [6.45, 7) is 3.61. The lowest BCUT2D eigenvalue weighted by atomic mass is 10.1. The van der Waals surface area contributed by atoms with E-state index in [4.69, 9.17) is 10.3 Å². The Kier molecular flexibility index (Phi) is 16.5. The quantitative estimate of drug-likeness (QED) is 0.322. The van der Waals surface area contributed by atoms with Crippen LogP contribution < -0.4 is 5.73 Å². The summed E-state index contributed by atoms with van der Waals surface area (Å²) in [6, 6.07) is 0. The highest BCUT2D eigenvalue weighted by molar-refractivity contribution is 7.85. The molecule has 0 aromatic heterocycles. The summed E-state index contributed by atoms with van der Waals surface area (Å²) < 4.78 is 67.0. The molecule has 0 aromatic carbocycles. The molecule has 0 radical (unpaired) electrons. The average molecular weight is 347 g/mol. The van der Waals surface area contributed by atoms with Gasteiger partial charge in [0.2, 0.25) is 0 Å². The highest BCUT2D eigenvalue weighted by Crippen LogP contribution is 2.15. The van der Waals surface area contributed by atoms with Crippen LogP contribution in [0.25, 0.3) is 0 Å². The minimum atomic E-state index is -4.46. The van der Waals surface area contributed by atoms with E-state index in [2.05, 4.69) is 6.58 Å². The van der Waals surface area contributed by atoms with E-state index in [0.29, 0.717) is 25.8 Å². The van der Waals surface area contributed by atoms with Gasteiger partial charge < -0.3 is 5.73 Å². The molecule has 0 rings (SSSR count). The molecule has 2 atom stereocenters. The van der Waals surface area contributed by atoms with E-state index >= 15 is 0 Å². The first kappa shape index (κ1) is 23.7. The number of unbranched alkanes of at least 4 members (excludes halogenated alkanes) is 5. The zero-order valence-corrected chi connectivity index (χ0v) is 13.7. The van der Waals surface area contributed by atoms with Crippen LogP contribution in [0.1, 0.15) is 44.9 Å². The molecule has 0 amide bonds. The monoisotopic (exact) mass is 347 g/mol. The van der Waals surface area contributed by atoms with E-state index in [1.54, 1.807) is 6.08 Å². The second-order valence-electron chi connectivity index (χ2n) is 4.90. The predicted octanol–water partition coefficient (Wildman–Crippen LogP) is 3.38. The third-order valence-corrected chi connectivity index (χ3v) is 3.53. The van der Waals surface area contributed by atoms with E-state index < -0.39 is 28.2 Å². The molecule has 2 unspecified atom stereocenters. The van der Waals surface area contributed by atoms with Crippen molar-refractivity contribution in [1.82, 2.24) is 0 Å². The molecular formula is C14H28F3NO3S. The van der Waals surface area contributed by atoms with Gasteiger partial charge in [-0.15, -0.1) is 6.58 Å². The normalized spacial score (nSPS) is 13.9. The highest BCUT2D eigenvalue weighted by atomic mass is 32.2. The molecule has 8 heteroatoms. The van der Waals surface area contributed by atoms with E-state index in [0.717, 1.165) is 19.3 Å². The first-order valence-electron chi connectivity index (χ1n) is 7.38. The lowest BCUT2D eigenvalue weighted by molar-refractivity contribution is 0.169. The molecule has 0 aliphatic heterocycles. The maximum Gasteiger partial charge on any atom is 0.267 e. The Balaban J connectivity index is 0. The molecule has 0 saturated heterocycles. The standard InChI is InChI=1S/C11H21F3O3S.C3H7N/c12-8-6-4-2-1-3-5-7-10(13)11(14)9-18(15,16)17;1-2-3-4/h10-11H,1-9H2,(H,15,16,17);2H,1,3-4H2. The lowest BCUT2D eigenvalue weighted by Crippen LogP contribution is -2.26. The van der Waals surface area contributed by atoms with Crippen LogP contribution in [-0.2, 0) is 10.1 Å². The third-order valence-electron chi connectivity index (χ3n) is 2.79. The van der Waals surface area contributed by atoms with Crippen LogP contribution in [0, 0.1) is 0 Å². The van der Waals surface area contributed by atoms with Crippen LogP contribution in [0.15, 0.2) is 12.7 Å². The molecule has 0 aliphatic rings. The number of nitrogens with two attached hydrogens (primary N) is 1. The van der Waals surface area contributed by atoms with Crippen molar-refractivity contribution in [3.63, 3.8) is 0 Å². The molecule has 0 aliphatic carbocycles. The van der Waals surface area contributed by atoms with Crippen molar-refractivity contribution in [3.8, 4) is 0 Å². The molecule has 22 heavy (non-hydrogen) atoms. The third kappa shape index (κ3) is 19.4. The number of halogens is 3. The maximum atomic E-state index is 13.2.